The minimum Gasteiger partial charge on any atom is -0.338 e. The summed E-state index contributed by atoms with van der Waals surface area (Å²) in [5.41, 5.74) is 1.22. The topological polar surface area (TPSA) is 61.4 Å². The molecule has 0 spiro atoms. The molecule has 1 atom stereocenters. The highest BCUT2D eigenvalue weighted by Gasteiger charge is 2.33. The molecule has 0 saturated carbocycles. The molecule has 0 aliphatic carbocycles. The van der Waals surface area contributed by atoms with Gasteiger partial charge in [-0.25, -0.2) is 14.8 Å². The van der Waals surface area contributed by atoms with Crippen molar-refractivity contribution in [2.24, 2.45) is 5.92 Å². The molecule has 144 valence electrons. The number of carbonyl (C=O) groups is 1. The fourth-order valence-corrected chi connectivity index (χ4v) is 3.49. The van der Waals surface area contributed by atoms with Crippen LogP contribution in [-0.4, -0.2) is 53.1 Å². The van der Waals surface area contributed by atoms with E-state index in [1.807, 2.05) is 23.1 Å². The van der Waals surface area contributed by atoms with E-state index >= 15 is 0 Å². The Morgan fingerprint density at radius 3 is 2.74 bits per heavy atom. The molecule has 0 radical (unpaired) electrons. The van der Waals surface area contributed by atoms with Crippen LogP contribution < -0.4 is 10.2 Å². The Hall–Kier alpha value is -2.34. The van der Waals surface area contributed by atoms with Gasteiger partial charge in [0.2, 0.25) is 5.95 Å². The zero-order chi connectivity index (χ0) is 19.2. The van der Waals surface area contributed by atoms with E-state index in [1.165, 1.54) is 5.56 Å². The van der Waals surface area contributed by atoms with Crippen LogP contribution in [0.15, 0.2) is 42.6 Å². The quantitative estimate of drug-likeness (QED) is 0.800. The van der Waals surface area contributed by atoms with Crippen molar-refractivity contribution in [2.45, 2.75) is 26.3 Å². The van der Waals surface area contributed by atoms with E-state index in [2.05, 4.69) is 46.2 Å². The van der Waals surface area contributed by atoms with Crippen molar-refractivity contribution in [1.29, 1.82) is 0 Å². The Morgan fingerprint density at radius 2 is 2.04 bits per heavy atom. The molecule has 1 N–H and O–H groups in total. The normalized spacial score (nSPS) is 17.3. The number of carbonyl (C=O) groups excluding carboxylic acids is 1. The third kappa shape index (κ3) is 5.10. The molecule has 3 rings (SSSR count). The molecule has 0 bridgehead atoms. The summed E-state index contributed by atoms with van der Waals surface area (Å²) < 4.78 is 0. The molecule has 1 aromatic carbocycles. The van der Waals surface area contributed by atoms with E-state index in [9.17, 15) is 4.79 Å². The average Bonchev–Trinajstić information content (AvgIpc) is 2.68. The molecule has 1 aliphatic heterocycles. The van der Waals surface area contributed by atoms with Crippen LogP contribution in [0.1, 0.15) is 19.4 Å². The van der Waals surface area contributed by atoms with Crippen molar-refractivity contribution < 1.29 is 4.79 Å². The molecule has 1 fully saturated rings. The highest BCUT2D eigenvalue weighted by atomic mass is 35.5. The Kier molecular flexibility index (Phi) is 6.50. The van der Waals surface area contributed by atoms with Crippen molar-refractivity contribution in [2.75, 3.05) is 31.1 Å². The summed E-state index contributed by atoms with van der Waals surface area (Å²) in [6.45, 7) is 6.93. The number of hydrogen-bond donors (Lipinski definition) is 1. The summed E-state index contributed by atoms with van der Waals surface area (Å²) in [6.07, 6.45) is 2.49. The predicted octanol–water partition coefficient (Wildman–Crippen LogP) is 3.23. The fraction of sp³-hybridized carbons (Fsp3) is 0.450. The average molecular weight is 388 g/mol. The van der Waals surface area contributed by atoms with Gasteiger partial charge in [-0.3, -0.25) is 0 Å². The van der Waals surface area contributed by atoms with Crippen LogP contribution in [0.5, 0.6) is 0 Å². The van der Waals surface area contributed by atoms with Gasteiger partial charge < -0.3 is 15.1 Å². The number of hydrogen-bond acceptors (Lipinski definition) is 4. The molecule has 1 aromatic heterocycles. The molecule has 1 unspecified atom stereocenters. The second kappa shape index (κ2) is 9.04. The number of nitrogens with one attached hydrogen (secondary N) is 1. The Balaban J connectivity index is 1.59. The molecule has 2 heterocycles. The molecule has 6 nitrogen and oxygen atoms in total. The summed E-state index contributed by atoms with van der Waals surface area (Å²) in [4.78, 5) is 25.4. The van der Waals surface area contributed by atoms with Gasteiger partial charge in [-0.15, -0.1) is 0 Å². The molecular formula is C20H26ClN5O. The van der Waals surface area contributed by atoms with Crippen LogP contribution in [-0.2, 0) is 6.42 Å². The maximum Gasteiger partial charge on any atom is 0.317 e. The SMILES string of the molecule is CC(C)C1CN(c2nccc(Cl)n2)CCN1C(=O)NCCc1ccccc1. The zero-order valence-corrected chi connectivity index (χ0v) is 16.6. The number of urea groups is 1. The Bertz CT molecular complexity index is 755. The van der Waals surface area contributed by atoms with E-state index in [4.69, 9.17) is 11.6 Å². The third-order valence-corrected chi connectivity index (χ3v) is 5.08. The zero-order valence-electron chi connectivity index (χ0n) is 15.8. The first-order valence-electron chi connectivity index (χ1n) is 9.36. The van der Waals surface area contributed by atoms with Crippen LogP contribution >= 0.6 is 11.6 Å². The number of benzene rings is 1. The summed E-state index contributed by atoms with van der Waals surface area (Å²) in [6, 6.07) is 11.9. The van der Waals surface area contributed by atoms with Gasteiger partial charge in [0.15, 0.2) is 0 Å². The number of rotatable bonds is 5. The van der Waals surface area contributed by atoms with E-state index in [1.54, 1.807) is 12.3 Å². The van der Waals surface area contributed by atoms with Crippen molar-refractivity contribution >= 4 is 23.6 Å². The first-order chi connectivity index (χ1) is 13.0. The van der Waals surface area contributed by atoms with Crippen molar-refractivity contribution in [3.8, 4) is 0 Å². The van der Waals surface area contributed by atoms with Crippen LogP contribution in [0, 0.1) is 5.92 Å². The second-order valence-corrected chi connectivity index (χ2v) is 7.48. The van der Waals surface area contributed by atoms with E-state index < -0.39 is 0 Å². The van der Waals surface area contributed by atoms with Crippen LogP contribution in [0.25, 0.3) is 0 Å². The fourth-order valence-electron chi connectivity index (χ4n) is 3.35. The predicted molar refractivity (Wildman–Crippen MR) is 108 cm³/mol. The second-order valence-electron chi connectivity index (χ2n) is 7.10. The number of piperazine rings is 1. The number of anilines is 1. The summed E-state index contributed by atoms with van der Waals surface area (Å²) in [7, 11) is 0. The van der Waals surface area contributed by atoms with Gasteiger partial charge in [0.25, 0.3) is 0 Å². The lowest BCUT2D eigenvalue weighted by molar-refractivity contribution is 0.145. The van der Waals surface area contributed by atoms with E-state index in [0.717, 1.165) is 6.42 Å². The monoisotopic (exact) mass is 387 g/mol. The molecule has 2 aromatic rings. The van der Waals surface area contributed by atoms with Gasteiger partial charge >= 0.3 is 6.03 Å². The van der Waals surface area contributed by atoms with E-state index in [-0.39, 0.29) is 12.1 Å². The van der Waals surface area contributed by atoms with Gasteiger partial charge in [0, 0.05) is 32.4 Å². The molecule has 1 saturated heterocycles. The van der Waals surface area contributed by atoms with Gasteiger partial charge in [-0.05, 0) is 24.0 Å². The maximum absolute atomic E-state index is 12.7. The molecule has 7 heteroatoms. The van der Waals surface area contributed by atoms with Crippen LogP contribution in [0.3, 0.4) is 0 Å². The highest BCUT2D eigenvalue weighted by molar-refractivity contribution is 6.29. The first kappa shape index (κ1) is 19.4. The standard InChI is InChI=1S/C20H26ClN5O/c1-15(2)17-14-25(19-22-11-9-18(21)24-19)12-13-26(17)20(27)23-10-8-16-6-4-3-5-7-16/h3-7,9,11,15,17H,8,10,12-14H2,1-2H3,(H,23,27). The van der Waals surface area contributed by atoms with Gasteiger partial charge in [-0.2, -0.15) is 0 Å². The Labute approximate surface area is 165 Å². The number of nitrogens with zero attached hydrogens (tertiary/aromatic N) is 4. The highest BCUT2D eigenvalue weighted by Crippen LogP contribution is 2.21. The lowest BCUT2D eigenvalue weighted by Gasteiger charge is -2.43. The minimum absolute atomic E-state index is 0.00343. The van der Waals surface area contributed by atoms with E-state index in [0.29, 0.717) is 43.2 Å². The smallest absolute Gasteiger partial charge is 0.317 e. The largest absolute Gasteiger partial charge is 0.338 e. The van der Waals surface area contributed by atoms with Crippen LogP contribution in [0.2, 0.25) is 5.15 Å². The van der Waals surface area contributed by atoms with Crippen LogP contribution in [0.4, 0.5) is 10.7 Å². The summed E-state index contributed by atoms with van der Waals surface area (Å²) in [5, 5.41) is 3.50. The first-order valence-corrected chi connectivity index (χ1v) is 9.74. The number of aromatic nitrogens is 2. The summed E-state index contributed by atoms with van der Waals surface area (Å²) in [5.74, 6) is 0.948. The molecule has 2 amide bonds. The summed E-state index contributed by atoms with van der Waals surface area (Å²) >= 11 is 6.00. The molecular weight excluding hydrogens is 362 g/mol. The van der Waals surface area contributed by atoms with Gasteiger partial charge in [0.05, 0.1) is 6.04 Å². The molecule has 27 heavy (non-hydrogen) atoms. The maximum atomic E-state index is 12.7. The van der Waals surface area contributed by atoms with Gasteiger partial charge in [0.1, 0.15) is 5.15 Å². The van der Waals surface area contributed by atoms with Crippen molar-refractivity contribution in [1.82, 2.24) is 20.2 Å². The van der Waals surface area contributed by atoms with Crippen molar-refractivity contribution in [3.05, 3.63) is 53.3 Å². The molecule has 1 aliphatic rings. The van der Waals surface area contributed by atoms with Gasteiger partial charge in [-0.1, -0.05) is 55.8 Å². The third-order valence-electron chi connectivity index (χ3n) is 4.87. The van der Waals surface area contributed by atoms with Crippen molar-refractivity contribution in [3.63, 3.8) is 0 Å². The lowest BCUT2D eigenvalue weighted by atomic mass is 10.00. The Morgan fingerprint density at radius 1 is 1.26 bits per heavy atom. The lowest BCUT2D eigenvalue weighted by Crippen LogP contribution is -2.59. The minimum atomic E-state index is -0.00343. The number of halogens is 1. The number of amides is 2.